The molecule has 1 aliphatic heterocycles. The van der Waals surface area contributed by atoms with Gasteiger partial charge in [0.1, 0.15) is 6.04 Å². The lowest BCUT2D eigenvalue weighted by atomic mass is 10.1. The smallest absolute Gasteiger partial charge is 0.330 e. The van der Waals surface area contributed by atoms with Gasteiger partial charge in [0.05, 0.1) is 17.9 Å². The fraction of sp³-hybridized carbons (Fsp3) is 0.429. The molecule has 114 valence electrons. The Morgan fingerprint density at radius 2 is 2.29 bits per heavy atom. The number of esters is 1. The highest BCUT2D eigenvalue weighted by molar-refractivity contribution is 9.10. The molecule has 0 aromatic heterocycles. The number of benzene rings is 1. The Morgan fingerprint density at radius 3 is 2.95 bits per heavy atom. The Bertz CT molecular complexity index is 550. The van der Waals surface area contributed by atoms with Crippen molar-refractivity contribution < 1.29 is 14.3 Å². The maximum absolute atomic E-state index is 12.1. The minimum Gasteiger partial charge on any atom is -0.464 e. The highest BCUT2D eigenvalue weighted by atomic mass is 79.9. The number of primary amides is 1. The van der Waals surface area contributed by atoms with Crippen LogP contribution >= 0.6 is 15.9 Å². The second kappa shape index (κ2) is 6.91. The van der Waals surface area contributed by atoms with Crippen LogP contribution in [-0.4, -0.2) is 44.2 Å². The number of rotatable bonds is 4. The molecule has 2 rings (SSSR count). The zero-order valence-corrected chi connectivity index (χ0v) is 13.4. The van der Waals surface area contributed by atoms with Gasteiger partial charge in [0.2, 0.25) is 0 Å². The van der Waals surface area contributed by atoms with Gasteiger partial charge >= 0.3 is 5.97 Å². The Labute approximate surface area is 131 Å². The van der Waals surface area contributed by atoms with Crippen LogP contribution < -0.4 is 16.0 Å². The topological polar surface area (TPSA) is 84.7 Å². The Morgan fingerprint density at radius 1 is 1.52 bits per heavy atom. The zero-order valence-electron chi connectivity index (χ0n) is 11.8. The molecule has 1 unspecified atom stereocenters. The first-order chi connectivity index (χ1) is 10.1. The third-order valence-electron chi connectivity index (χ3n) is 3.35. The van der Waals surface area contributed by atoms with Gasteiger partial charge < -0.3 is 20.7 Å². The van der Waals surface area contributed by atoms with Crippen LogP contribution in [0.25, 0.3) is 0 Å². The number of ether oxygens (including phenoxy) is 1. The lowest BCUT2D eigenvalue weighted by Crippen LogP contribution is -2.56. The highest BCUT2D eigenvalue weighted by Crippen LogP contribution is 2.29. The summed E-state index contributed by atoms with van der Waals surface area (Å²) in [6.45, 7) is 3.89. The van der Waals surface area contributed by atoms with Gasteiger partial charge in [0.25, 0.3) is 5.91 Å². The summed E-state index contributed by atoms with van der Waals surface area (Å²) in [7, 11) is 0. The van der Waals surface area contributed by atoms with Gasteiger partial charge in [0, 0.05) is 24.1 Å². The number of halogens is 1. The van der Waals surface area contributed by atoms with E-state index in [1.807, 2.05) is 11.0 Å². The molecule has 7 heteroatoms. The third kappa shape index (κ3) is 3.36. The number of nitrogens with one attached hydrogen (secondary N) is 1. The summed E-state index contributed by atoms with van der Waals surface area (Å²) in [5.41, 5.74) is 6.51. The molecular weight excluding hydrogens is 338 g/mol. The van der Waals surface area contributed by atoms with Gasteiger partial charge in [-0.3, -0.25) is 4.79 Å². The summed E-state index contributed by atoms with van der Waals surface area (Å²) < 4.78 is 5.73. The number of nitrogens with two attached hydrogens (primary N) is 1. The minimum atomic E-state index is -0.529. The van der Waals surface area contributed by atoms with Crippen LogP contribution in [-0.2, 0) is 9.53 Å². The van der Waals surface area contributed by atoms with E-state index < -0.39 is 11.9 Å². The van der Waals surface area contributed by atoms with Crippen LogP contribution in [0.3, 0.4) is 0 Å². The normalized spacial score (nSPS) is 18.4. The minimum absolute atomic E-state index is 0.305. The number of piperazine rings is 1. The van der Waals surface area contributed by atoms with Crippen molar-refractivity contribution in [1.29, 1.82) is 0 Å². The van der Waals surface area contributed by atoms with Gasteiger partial charge in [-0.05, 0) is 35.0 Å². The molecule has 1 amide bonds. The van der Waals surface area contributed by atoms with Crippen molar-refractivity contribution in [3.05, 3.63) is 28.2 Å². The molecule has 1 aromatic carbocycles. The Hall–Kier alpha value is -1.60. The van der Waals surface area contributed by atoms with E-state index in [1.165, 1.54) is 0 Å². The number of hydrogen-bond donors (Lipinski definition) is 2. The van der Waals surface area contributed by atoms with Crippen molar-refractivity contribution in [2.75, 3.05) is 31.1 Å². The monoisotopic (exact) mass is 355 g/mol. The summed E-state index contributed by atoms with van der Waals surface area (Å²) in [4.78, 5) is 25.7. The number of carbonyl (C=O) groups is 2. The fourth-order valence-corrected chi connectivity index (χ4v) is 2.99. The van der Waals surface area contributed by atoms with Crippen molar-refractivity contribution in [3.63, 3.8) is 0 Å². The molecule has 0 aliphatic carbocycles. The van der Waals surface area contributed by atoms with Crippen LogP contribution in [0.4, 0.5) is 5.69 Å². The van der Waals surface area contributed by atoms with Crippen molar-refractivity contribution in [1.82, 2.24) is 5.32 Å². The summed E-state index contributed by atoms with van der Waals surface area (Å²) in [6, 6.07) is 4.90. The number of carbonyl (C=O) groups excluding carboxylic acids is 2. The molecule has 21 heavy (non-hydrogen) atoms. The number of amides is 1. The van der Waals surface area contributed by atoms with E-state index >= 15 is 0 Å². The lowest BCUT2D eigenvalue weighted by Gasteiger charge is -2.37. The van der Waals surface area contributed by atoms with Crippen molar-refractivity contribution in [2.24, 2.45) is 5.73 Å². The summed E-state index contributed by atoms with van der Waals surface area (Å²) in [5, 5.41) is 3.17. The lowest BCUT2D eigenvalue weighted by molar-refractivity contribution is -0.144. The molecular formula is C14H18BrN3O3. The van der Waals surface area contributed by atoms with Gasteiger partial charge in [-0.25, -0.2) is 4.79 Å². The summed E-state index contributed by atoms with van der Waals surface area (Å²) >= 11 is 3.34. The van der Waals surface area contributed by atoms with Crippen molar-refractivity contribution >= 4 is 33.5 Å². The molecule has 0 spiro atoms. The Kier molecular flexibility index (Phi) is 5.19. The van der Waals surface area contributed by atoms with E-state index in [4.69, 9.17) is 10.5 Å². The van der Waals surface area contributed by atoms with Crippen LogP contribution in [0.15, 0.2) is 22.7 Å². The predicted molar refractivity (Wildman–Crippen MR) is 83.3 cm³/mol. The molecule has 1 atom stereocenters. The van der Waals surface area contributed by atoms with Gasteiger partial charge in [-0.15, -0.1) is 0 Å². The average molecular weight is 356 g/mol. The first-order valence-corrected chi connectivity index (χ1v) is 7.57. The van der Waals surface area contributed by atoms with Crippen molar-refractivity contribution in [3.8, 4) is 0 Å². The largest absolute Gasteiger partial charge is 0.464 e. The quantitative estimate of drug-likeness (QED) is 0.783. The van der Waals surface area contributed by atoms with E-state index in [9.17, 15) is 9.59 Å². The van der Waals surface area contributed by atoms with E-state index in [0.717, 1.165) is 6.54 Å². The highest BCUT2D eigenvalue weighted by Gasteiger charge is 2.32. The molecule has 0 radical (unpaired) electrons. The maximum atomic E-state index is 12.1. The first-order valence-electron chi connectivity index (χ1n) is 6.78. The molecule has 1 fully saturated rings. The van der Waals surface area contributed by atoms with E-state index in [0.29, 0.717) is 35.4 Å². The molecule has 1 saturated heterocycles. The van der Waals surface area contributed by atoms with Crippen LogP contribution in [0.2, 0.25) is 0 Å². The van der Waals surface area contributed by atoms with E-state index in [1.54, 1.807) is 19.1 Å². The van der Waals surface area contributed by atoms with Gasteiger partial charge in [-0.1, -0.05) is 6.07 Å². The molecule has 0 saturated carbocycles. The van der Waals surface area contributed by atoms with Crippen molar-refractivity contribution in [2.45, 2.75) is 13.0 Å². The molecule has 6 nitrogen and oxygen atoms in total. The number of hydrogen-bond acceptors (Lipinski definition) is 5. The van der Waals surface area contributed by atoms with E-state index in [2.05, 4.69) is 21.2 Å². The molecule has 0 bridgehead atoms. The third-order valence-corrected chi connectivity index (χ3v) is 4.01. The number of nitrogens with zero attached hydrogens (tertiary/aromatic N) is 1. The fourth-order valence-electron chi connectivity index (χ4n) is 2.44. The standard InChI is InChI=1S/C14H18BrN3O3/c1-2-21-14(20)11-8-17-6-7-18(11)10-5-3-4-9(15)12(10)13(16)19/h3-5,11,17H,2,6-8H2,1H3,(H2,16,19). The molecule has 1 aliphatic rings. The number of anilines is 1. The Balaban J connectivity index is 2.40. The average Bonchev–Trinajstić information content (AvgIpc) is 2.47. The zero-order chi connectivity index (χ0) is 15.4. The second-order valence-corrected chi connectivity index (χ2v) is 5.52. The van der Waals surface area contributed by atoms with E-state index in [-0.39, 0.29) is 5.97 Å². The first kappa shape index (κ1) is 15.8. The summed E-state index contributed by atoms with van der Waals surface area (Å²) in [6.07, 6.45) is 0. The molecule has 1 aromatic rings. The van der Waals surface area contributed by atoms with Crippen LogP contribution in [0, 0.1) is 0 Å². The van der Waals surface area contributed by atoms with Gasteiger partial charge in [-0.2, -0.15) is 0 Å². The van der Waals surface area contributed by atoms with Crippen LogP contribution in [0.5, 0.6) is 0 Å². The SMILES string of the molecule is CCOC(=O)C1CNCCN1c1cccc(Br)c1C(N)=O. The van der Waals surface area contributed by atoms with Crippen LogP contribution in [0.1, 0.15) is 17.3 Å². The van der Waals surface area contributed by atoms with Gasteiger partial charge in [0.15, 0.2) is 0 Å². The maximum Gasteiger partial charge on any atom is 0.330 e. The summed E-state index contributed by atoms with van der Waals surface area (Å²) in [5.74, 6) is -0.835. The molecule has 1 heterocycles. The predicted octanol–water partition coefficient (Wildman–Crippen LogP) is 0.889. The second-order valence-electron chi connectivity index (χ2n) is 4.66. The molecule has 3 N–H and O–H groups in total.